The molecule has 0 N–H and O–H groups in total. The number of benzene rings is 2. The second-order valence-electron chi connectivity index (χ2n) is 7.70. The summed E-state index contributed by atoms with van der Waals surface area (Å²) >= 11 is 3.76. The molecule has 146 valence electrons. The number of allylic oxidation sites excluding steroid dienone is 3. The molecule has 3 heterocycles. The maximum atomic E-state index is 5.06. The minimum absolute atomic E-state index is 0.457. The molecule has 0 spiro atoms. The van der Waals surface area contributed by atoms with Crippen molar-refractivity contribution >= 4 is 23.1 Å². The Kier molecular flexibility index (Phi) is 4.29. The van der Waals surface area contributed by atoms with Gasteiger partial charge in [-0.25, -0.2) is 4.98 Å². The Balaban J connectivity index is 1.50. The number of aromatic nitrogens is 2. The predicted molar refractivity (Wildman–Crippen MR) is 128 cm³/mol. The Labute approximate surface area is 184 Å². The lowest BCUT2D eigenvalue weighted by atomic mass is 9.92. The summed E-state index contributed by atoms with van der Waals surface area (Å²) in [5.41, 5.74) is 4.75. The number of nitrogens with zero attached hydrogens (tertiary/aromatic N) is 2. The molecule has 2 atom stereocenters. The van der Waals surface area contributed by atoms with Crippen molar-refractivity contribution in [3.63, 3.8) is 0 Å². The van der Waals surface area contributed by atoms with Gasteiger partial charge >= 0.3 is 0 Å². The molecule has 1 aliphatic carbocycles. The van der Waals surface area contributed by atoms with Gasteiger partial charge in [-0.15, -0.1) is 23.1 Å². The largest absolute Gasteiger partial charge is 0.299 e. The average Bonchev–Trinajstić information content (AvgIpc) is 3.50. The third-order valence-electron chi connectivity index (χ3n) is 5.71. The summed E-state index contributed by atoms with van der Waals surface area (Å²) < 4.78 is 2.25. The Bertz CT molecular complexity index is 1290. The number of thioether (sulfide) groups is 1. The number of fused-ring (bicyclic) bond motifs is 3. The third kappa shape index (κ3) is 2.99. The lowest BCUT2D eigenvalue weighted by Crippen LogP contribution is -2.07. The number of imidazole rings is 1. The molecule has 1 aliphatic heterocycles. The molecule has 6 rings (SSSR count). The Hall–Kier alpha value is -2.82. The SMILES string of the molecule is Cc1ccc(-c2cn(-c3ccc4c(c3)C3C=CC=CC3S4)c(-c3ccccc3)n2)s1. The van der Waals surface area contributed by atoms with Gasteiger partial charge in [0.25, 0.3) is 0 Å². The van der Waals surface area contributed by atoms with E-state index in [0.29, 0.717) is 11.2 Å². The van der Waals surface area contributed by atoms with Crippen LogP contribution in [-0.2, 0) is 0 Å². The standard InChI is InChI=1S/C26H20N2S2/c1-17-11-13-25(29-17)22-16-28(26(27-22)18-7-3-2-4-8-18)19-12-14-24-21(15-19)20-9-5-6-10-23(20)30-24/h2-16,20,23H,1H3. The normalized spacial score (nSPS) is 19.1. The first-order valence-corrected chi connectivity index (χ1v) is 11.8. The first-order chi connectivity index (χ1) is 14.8. The molecule has 4 heteroatoms. The molecule has 2 nitrogen and oxygen atoms in total. The van der Waals surface area contributed by atoms with Gasteiger partial charge in [-0.3, -0.25) is 4.57 Å². The van der Waals surface area contributed by atoms with E-state index in [1.807, 2.05) is 11.8 Å². The molecule has 2 aromatic heterocycles. The lowest BCUT2D eigenvalue weighted by molar-refractivity contribution is 0.876. The van der Waals surface area contributed by atoms with Crippen LogP contribution in [0.15, 0.2) is 96.1 Å². The molecule has 0 fully saturated rings. The van der Waals surface area contributed by atoms with E-state index in [0.717, 1.165) is 17.1 Å². The maximum Gasteiger partial charge on any atom is 0.145 e. The first-order valence-electron chi connectivity index (χ1n) is 10.1. The third-order valence-corrected chi connectivity index (χ3v) is 8.08. The van der Waals surface area contributed by atoms with Crippen molar-refractivity contribution in [3.05, 3.63) is 102 Å². The highest BCUT2D eigenvalue weighted by Crippen LogP contribution is 2.48. The summed E-state index contributed by atoms with van der Waals surface area (Å²) in [5, 5.41) is 0.515. The van der Waals surface area contributed by atoms with E-state index in [9.17, 15) is 0 Å². The van der Waals surface area contributed by atoms with Gasteiger partial charge in [0, 0.05) is 38.4 Å². The van der Waals surface area contributed by atoms with Crippen LogP contribution < -0.4 is 0 Å². The summed E-state index contributed by atoms with van der Waals surface area (Å²) in [7, 11) is 0. The Morgan fingerprint density at radius 3 is 2.63 bits per heavy atom. The minimum atomic E-state index is 0.457. The number of rotatable bonds is 3. The van der Waals surface area contributed by atoms with Crippen molar-refractivity contribution in [2.75, 3.05) is 0 Å². The van der Waals surface area contributed by atoms with Crippen LogP contribution in [0.4, 0.5) is 0 Å². The zero-order chi connectivity index (χ0) is 20.1. The predicted octanol–water partition coefficient (Wildman–Crippen LogP) is 7.26. The maximum absolute atomic E-state index is 5.06. The van der Waals surface area contributed by atoms with Crippen LogP contribution in [0.25, 0.3) is 27.6 Å². The molecule has 2 aliphatic rings. The first kappa shape index (κ1) is 18.0. The summed E-state index contributed by atoms with van der Waals surface area (Å²) in [4.78, 5) is 8.96. The fraction of sp³-hybridized carbons (Fsp3) is 0.115. The number of thiophene rings is 1. The summed E-state index contributed by atoms with van der Waals surface area (Å²) in [6, 6.07) is 21.7. The Morgan fingerprint density at radius 2 is 1.80 bits per heavy atom. The molecule has 2 aromatic carbocycles. The van der Waals surface area contributed by atoms with Crippen LogP contribution in [0.3, 0.4) is 0 Å². The molecule has 4 aromatic rings. The van der Waals surface area contributed by atoms with E-state index < -0.39 is 0 Å². The molecule has 2 unspecified atom stereocenters. The van der Waals surface area contributed by atoms with Crippen LogP contribution in [0.2, 0.25) is 0 Å². The van der Waals surface area contributed by atoms with Crippen LogP contribution in [0, 0.1) is 6.92 Å². The second kappa shape index (κ2) is 7.15. The second-order valence-corrected chi connectivity index (χ2v) is 10.2. The van der Waals surface area contributed by atoms with Crippen LogP contribution in [0.5, 0.6) is 0 Å². The van der Waals surface area contributed by atoms with Crippen molar-refractivity contribution in [3.8, 4) is 27.6 Å². The van der Waals surface area contributed by atoms with E-state index in [-0.39, 0.29) is 0 Å². The zero-order valence-corrected chi connectivity index (χ0v) is 18.2. The van der Waals surface area contributed by atoms with Crippen molar-refractivity contribution < 1.29 is 0 Å². The van der Waals surface area contributed by atoms with E-state index in [1.54, 1.807) is 11.3 Å². The van der Waals surface area contributed by atoms with Crippen LogP contribution >= 0.6 is 23.1 Å². The van der Waals surface area contributed by atoms with Crippen molar-refractivity contribution in [2.45, 2.75) is 23.0 Å². The topological polar surface area (TPSA) is 17.8 Å². The lowest BCUT2D eigenvalue weighted by Gasteiger charge is -2.15. The zero-order valence-electron chi connectivity index (χ0n) is 16.5. The van der Waals surface area contributed by atoms with Gasteiger partial charge in [0.05, 0.1) is 10.6 Å². The highest BCUT2D eigenvalue weighted by atomic mass is 32.2. The van der Waals surface area contributed by atoms with Crippen molar-refractivity contribution in [1.82, 2.24) is 9.55 Å². The summed E-state index contributed by atoms with van der Waals surface area (Å²) in [6.45, 7) is 2.14. The average molecular weight is 425 g/mol. The van der Waals surface area contributed by atoms with E-state index in [1.165, 1.54) is 25.9 Å². The highest BCUT2D eigenvalue weighted by Gasteiger charge is 2.31. The Morgan fingerprint density at radius 1 is 0.933 bits per heavy atom. The molecule has 0 saturated carbocycles. The number of hydrogen-bond acceptors (Lipinski definition) is 3. The van der Waals surface area contributed by atoms with Crippen molar-refractivity contribution in [2.24, 2.45) is 0 Å². The van der Waals surface area contributed by atoms with Gasteiger partial charge in [0.15, 0.2) is 0 Å². The fourth-order valence-electron chi connectivity index (χ4n) is 4.24. The fourth-order valence-corrected chi connectivity index (χ4v) is 6.39. The van der Waals surface area contributed by atoms with Crippen LogP contribution in [-0.4, -0.2) is 14.8 Å². The molecule has 0 bridgehead atoms. The van der Waals surface area contributed by atoms with E-state index >= 15 is 0 Å². The molecule has 0 radical (unpaired) electrons. The molecular weight excluding hydrogens is 404 g/mol. The quantitative estimate of drug-likeness (QED) is 0.344. The van der Waals surface area contributed by atoms with E-state index in [2.05, 4.69) is 103 Å². The summed E-state index contributed by atoms with van der Waals surface area (Å²) in [5.74, 6) is 1.44. The van der Waals surface area contributed by atoms with Gasteiger partial charge in [0.2, 0.25) is 0 Å². The monoisotopic (exact) mass is 424 g/mol. The minimum Gasteiger partial charge on any atom is -0.299 e. The van der Waals surface area contributed by atoms with Gasteiger partial charge < -0.3 is 0 Å². The van der Waals surface area contributed by atoms with Crippen molar-refractivity contribution in [1.29, 1.82) is 0 Å². The van der Waals surface area contributed by atoms with Gasteiger partial charge in [0.1, 0.15) is 5.82 Å². The molecule has 0 amide bonds. The summed E-state index contributed by atoms with van der Waals surface area (Å²) in [6.07, 6.45) is 11.2. The van der Waals surface area contributed by atoms with Gasteiger partial charge in [-0.1, -0.05) is 54.6 Å². The molecule has 0 saturated heterocycles. The molecular formula is C26H20N2S2. The van der Waals surface area contributed by atoms with Crippen LogP contribution in [0.1, 0.15) is 16.4 Å². The van der Waals surface area contributed by atoms with Gasteiger partial charge in [-0.2, -0.15) is 0 Å². The number of hydrogen-bond donors (Lipinski definition) is 0. The van der Waals surface area contributed by atoms with E-state index in [4.69, 9.17) is 4.98 Å². The highest BCUT2D eigenvalue weighted by molar-refractivity contribution is 8.00. The smallest absolute Gasteiger partial charge is 0.145 e. The number of aryl methyl sites for hydroxylation is 1. The van der Waals surface area contributed by atoms with Gasteiger partial charge in [-0.05, 0) is 42.8 Å². The molecule has 30 heavy (non-hydrogen) atoms.